The highest BCUT2D eigenvalue weighted by atomic mass is 32.2. The predicted octanol–water partition coefficient (Wildman–Crippen LogP) is 4.30. The second kappa shape index (κ2) is 7.99. The number of aromatic nitrogens is 5. The molecule has 0 saturated carbocycles. The molecule has 9 heteroatoms. The van der Waals surface area contributed by atoms with E-state index >= 15 is 0 Å². The summed E-state index contributed by atoms with van der Waals surface area (Å²) in [6, 6.07) is 11.0. The van der Waals surface area contributed by atoms with Gasteiger partial charge in [0.1, 0.15) is 16.5 Å². The van der Waals surface area contributed by atoms with Crippen molar-refractivity contribution in [3.8, 4) is 5.82 Å². The van der Waals surface area contributed by atoms with Gasteiger partial charge < -0.3 is 4.98 Å². The van der Waals surface area contributed by atoms with Crippen molar-refractivity contribution in [2.75, 3.05) is 0 Å². The Labute approximate surface area is 191 Å². The minimum Gasteiger partial charge on any atom is -0.309 e. The fourth-order valence-corrected chi connectivity index (χ4v) is 5.47. The van der Waals surface area contributed by atoms with Crippen LogP contribution in [0.1, 0.15) is 21.8 Å². The summed E-state index contributed by atoms with van der Waals surface area (Å²) < 4.78 is 1.52. The first-order chi connectivity index (χ1) is 15.4. The molecule has 0 fully saturated rings. The second-order valence-electron chi connectivity index (χ2n) is 7.51. The molecule has 0 saturated heterocycles. The van der Waals surface area contributed by atoms with E-state index in [0.717, 1.165) is 20.8 Å². The first-order valence-corrected chi connectivity index (χ1v) is 11.8. The van der Waals surface area contributed by atoms with Crippen molar-refractivity contribution in [1.82, 2.24) is 24.5 Å². The number of H-pyrrole nitrogens is 1. The first-order valence-electron chi connectivity index (χ1n) is 9.99. The zero-order valence-corrected chi connectivity index (χ0v) is 19.3. The quantitative estimate of drug-likeness (QED) is 0.317. The van der Waals surface area contributed by atoms with Crippen molar-refractivity contribution < 1.29 is 0 Å². The van der Waals surface area contributed by atoms with Crippen molar-refractivity contribution in [3.05, 3.63) is 85.1 Å². The number of hydrogen-bond acceptors (Lipinski definition) is 7. The minimum absolute atomic E-state index is 0.142. The SMILES string of the molecule is Cc1ccnc(-n2c(SCc3nc4sc(C)c(C)c4c(=O)[nH]3)nc3ccccc3c2=O)c1. The number of rotatable bonds is 4. The molecule has 0 bridgehead atoms. The minimum atomic E-state index is -0.183. The topological polar surface area (TPSA) is 93.5 Å². The number of nitrogens with zero attached hydrogens (tertiary/aromatic N) is 4. The van der Waals surface area contributed by atoms with Gasteiger partial charge in [-0.15, -0.1) is 11.3 Å². The highest BCUT2D eigenvalue weighted by Gasteiger charge is 2.16. The fourth-order valence-electron chi connectivity index (χ4n) is 3.55. The van der Waals surface area contributed by atoms with Crippen molar-refractivity contribution in [1.29, 1.82) is 0 Å². The monoisotopic (exact) mass is 461 g/mol. The number of hydrogen-bond donors (Lipinski definition) is 1. The van der Waals surface area contributed by atoms with Gasteiger partial charge >= 0.3 is 0 Å². The number of thiophene rings is 1. The van der Waals surface area contributed by atoms with Gasteiger partial charge in [-0.2, -0.15) is 0 Å². The van der Waals surface area contributed by atoms with Crippen LogP contribution in [0.15, 0.2) is 57.3 Å². The van der Waals surface area contributed by atoms with Gasteiger partial charge in [-0.1, -0.05) is 23.9 Å². The molecule has 7 nitrogen and oxygen atoms in total. The molecule has 0 spiro atoms. The molecule has 4 heterocycles. The Morgan fingerprint density at radius 3 is 2.72 bits per heavy atom. The molecule has 0 radical (unpaired) electrons. The molecular weight excluding hydrogens is 442 g/mol. The summed E-state index contributed by atoms with van der Waals surface area (Å²) in [5.41, 5.74) is 2.25. The Morgan fingerprint density at radius 1 is 1.09 bits per heavy atom. The van der Waals surface area contributed by atoms with E-state index in [4.69, 9.17) is 4.98 Å². The highest BCUT2D eigenvalue weighted by Crippen LogP contribution is 2.27. The normalized spacial score (nSPS) is 11.5. The average Bonchev–Trinajstić information content (AvgIpc) is 3.06. The van der Waals surface area contributed by atoms with Gasteiger partial charge in [0, 0.05) is 11.1 Å². The van der Waals surface area contributed by atoms with E-state index in [2.05, 4.69) is 15.0 Å². The van der Waals surface area contributed by atoms with Crippen LogP contribution in [0.2, 0.25) is 0 Å². The summed E-state index contributed by atoms with van der Waals surface area (Å²) in [5, 5.41) is 1.66. The van der Waals surface area contributed by atoms with E-state index < -0.39 is 0 Å². The van der Waals surface area contributed by atoms with Crippen LogP contribution in [0.25, 0.3) is 26.9 Å². The van der Waals surface area contributed by atoms with Crippen LogP contribution in [0.4, 0.5) is 0 Å². The van der Waals surface area contributed by atoms with Crippen LogP contribution in [-0.4, -0.2) is 24.5 Å². The summed E-state index contributed by atoms with van der Waals surface area (Å²) in [5.74, 6) is 1.41. The lowest BCUT2D eigenvalue weighted by molar-refractivity contribution is 0.793. The van der Waals surface area contributed by atoms with Gasteiger partial charge in [-0.25, -0.2) is 19.5 Å². The number of pyridine rings is 1. The smallest absolute Gasteiger partial charge is 0.267 e. The first kappa shape index (κ1) is 20.6. The Hall–Kier alpha value is -3.30. The molecule has 0 aliphatic rings. The molecule has 0 amide bonds. The Balaban J connectivity index is 1.61. The molecule has 5 aromatic rings. The third-order valence-corrected chi connectivity index (χ3v) is 7.35. The summed E-state index contributed by atoms with van der Waals surface area (Å²) in [6.07, 6.45) is 1.68. The Kier molecular flexibility index (Phi) is 5.15. The standard InChI is InChI=1S/C23H19N5O2S2/c1-12-8-9-24-18(10-12)28-22(30)15-6-4-5-7-16(15)25-23(28)31-11-17-26-20(29)19-13(2)14(3)32-21(19)27-17/h4-10H,11H2,1-3H3,(H,26,27,29). The van der Waals surface area contributed by atoms with Crippen molar-refractivity contribution in [2.24, 2.45) is 0 Å². The molecule has 0 atom stereocenters. The van der Waals surface area contributed by atoms with Crippen LogP contribution in [0.3, 0.4) is 0 Å². The zero-order valence-electron chi connectivity index (χ0n) is 17.7. The Bertz CT molecular complexity index is 1620. The molecule has 0 aliphatic carbocycles. The molecule has 0 unspecified atom stereocenters. The molecule has 4 aromatic heterocycles. The van der Waals surface area contributed by atoms with Crippen molar-refractivity contribution >= 4 is 44.2 Å². The van der Waals surface area contributed by atoms with E-state index in [1.54, 1.807) is 12.3 Å². The zero-order chi connectivity index (χ0) is 22.4. The summed E-state index contributed by atoms with van der Waals surface area (Å²) >= 11 is 2.86. The number of fused-ring (bicyclic) bond motifs is 2. The maximum absolute atomic E-state index is 13.3. The van der Waals surface area contributed by atoms with Gasteiger partial charge in [-0.05, 0) is 56.2 Å². The number of aromatic amines is 1. The molecule has 0 aliphatic heterocycles. The highest BCUT2D eigenvalue weighted by molar-refractivity contribution is 7.98. The molecule has 160 valence electrons. The predicted molar refractivity (Wildman–Crippen MR) is 129 cm³/mol. The number of para-hydroxylation sites is 1. The van der Waals surface area contributed by atoms with Crippen molar-refractivity contribution in [3.63, 3.8) is 0 Å². The van der Waals surface area contributed by atoms with E-state index in [1.165, 1.54) is 27.7 Å². The number of nitrogens with one attached hydrogen (secondary N) is 1. The van der Waals surface area contributed by atoms with E-state index in [9.17, 15) is 9.59 Å². The van der Waals surface area contributed by atoms with Crippen LogP contribution in [-0.2, 0) is 5.75 Å². The second-order valence-corrected chi connectivity index (χ2v) is 9.65. The third kappa shape index (κ3) is 3.53. The lowest BCUT2D eigenvalue weighted by atomic mass is 10.2. The van der Waals surface area contributed by atoms with Gasteiger partial charge in [-0.3, -0.25) is 9.59 Å². The number of thioether (sulfide) groups is 1. The summed E-state index contributed by atoms with van der Waals surface area (Å²) in [6.45, 7) is 5.88. The van der Waals surface area contributed by atoms with Gasteiger partial charge in [0.15, 0.2) is 5.16 Å². The van der Waals surface area contributed by atoms with Crippen molar-refractivity contribution in [2.45, 2.75) is 31.7 Å². The number of benzene rings is 1. The Morgan fingerprint density at radius 2 is 1.91 bits per heavy atom. The molecule has 1 N–H and O–H groups in total. The van der Waals surface area contributed by atoms with Gasteiger partial charge in [0.25, 0.3) is 11.1 Å². The summed E-state index contributed by atoms with van der Waals surface area (Å²) in [7, 11) is 0. The van der Waals surface area contributed by atoms with E-state index in [-0.39, 0.29) is 11.1 Å². The lowest BCUT2D eigenvalue weighted by Gasteiger charge is -2.12. The van der Waals surface area contributed by atoms with E-state index in [0.29, 0.717) is 38.8 Å². The molecule has 32 heavy (non-hydrogen) atoms. The molecule has 5 rings (SSSR count). The van der Waals surface area contributed by atoms with Crippen LogP contribution in [0.5, 0.6) is 0 Å². The molecule has 1 aromatic carbocycles. The third-order valence-electron chi connectivity index (χ3n) is 5.30. The number of aryl methyl sites for hydroxylation is 3. The maximum atomic E-state index is 13.3. The lowest BCUT2D eigenvalue weighted by Crippen LogP contribution is -2.22. The van der Waals surface area contributed by atoms with Gasteiger partial charge in [0.2, 0.25) is 0 Å². The summed E-state index contributed by atoms with van der Waals surface area (Å²) in [4.78, 5) is 44.4. The fraction of sp³-hybridized carbons (Fsp3) is 0.174. The van der Waals surface area contributed by atoms with Crippen LogP contribution < -0.4 is 11.1 Å². The largest absolute Gasteiger partial charge is 0.309 e. The van der Waals surface area contributed by atoms with E-state index in [1.807, 2.05) is 51.1 Å². The van der Waals surface area contributed by atoms with Crippen LogP contribution >= 0.6 is 23.1 Å². The average molecular weight is 462 g/mol. The maximum Gasteiger partial charge on any atom is 0.267 e. The molecular formula is C23H19N5O2S2. The van der Waals surface area contributed by atoms with Gasteiger partial charge in [0.05, 0.1) is 22.0 Å². The van der Waals surface area contributed by atoms with Crippen LogP contribution in [0, 0.1) is 20.8 Å².